The number of hydrogen-bond donors (Lipinski definition) is 2. The Morgan fingerprint density at radius 2 is 1.95 bits per heavy atom. The summed E-state index contributed by atoms with van der Waals surface area (Å²) in [5, 5.41) is 15.8. The molecule has 1 aromatic carbocycles. The molecular weight excluding hydrogens is 480 g/mol. The highest BCUT2D eigenvalue weighted by molar-refractivity contribution is 6.04. The van der Waals surface area contributed by atoms with Crippen LogP contribution in [-0.4, -0.2) is 67.5 Å². The predicted molar refractivity (Wildman–Crippen MR) is 148 cm³/mol. The molecule has 3 aromatic rings. The average Bonchev–Trinajstić information content (AvgIpc) is 3.42. The number of nitrogens with zero attached hydrogens (tertiary/aromatic N) is 6. The summed E-state index contributed by atoms with van der Waals surface area (Å²) in [5.41, 5.74) is 5.00. The molecule has 0 saturated carbocycles. The molecule has 2 aromatic heterocycles. The number of ether oxygens (including phenoxy) is 1. The molecule has 1 saturated heterocycles. The molecule has 200 valence electrons. The smallest absolute Gasteiger partial charge is 0.219 e. The van der Waals surface area contributed by atoms with Gasteiger partial charge >= 0.3 is 0 Å². The third-order valence-corrected chi connectivity index (χ3v) is 7.16. The molecule has 0 atom stereocenters. The van der Waals surface area contributed by atoms with Gasteiger partial charge in [-0.2, -0.15) is 5.10 Å². The van der Waals surface area contributed by atoms with E-state index in [1.54, 1.807) is 13.8 Å². The van der Waals surface area contributed by atoms with Crippen molar-refractivity contribution in [2.24, 2.45) is 12.0 Å². The molecule has 2 aliphatic heterocycles. The molecule has 0 bridgehead atoms. The summed E-state index contributed by atoms with van der Waals surface area (Å²) in [7, 11) is 1.99. The molecule has 2 aliphatic rings. The van der Waals surface area contributed by atoms with Crippen molar-refractivity contribution in [1.29, 1.82) is 5.41 Å². The number of likely N-dealkylation sites (tertiary alicyclic amines) is 1. The number of aromatic nitrogens is 4. The van der Waals surface area contributed by atoms with Crippen molar-refractivity contribution in [2.75, 3.05) is 19.7 Å². The van der Waals surface area contributed by atoms with Gasteiger partial charge in [0.15, 0.2) is 5.84 Å². The lowest BCUT2D eigenvalue weighted by molar-refractivity contribution is -0.129. The van der Waals surface area contributed by atoms with Crippen molar-refractivity contribution in [3.05, 3.63) is 42.0 Å². The van der Waals surface area contributed by atoms with Gasteiger partial charge in [-0.15, -0.1) is 0 Å². The zero-order chi connectivity index (χ0) is 27.0. The second kappa shape index (κ2) is 10.4. The van der Waals surface area contributed by atoms with E-state index in [1.165, 1.54) is 5.69 Å². The number of benzene rings is 1. The topological polar surface area (TPSA) is 113 Å². The number of amidine groups is 2. The second-order valence-electron chi connectivity index (χ2n) is 10.4. The first-order chi connectivity index (χ1) is 18.2. The SMILES string of the molecule is CC(=N)/N=C(\NC(C)C)c1cn2c(n1)-c1ccc(-c3cnn(C)c3C3CCN(C(C)=O)CC3)cc1OCC2. The number of amides is 1. The molecule has 0 aliphatic carbocycles. The maximum Gasteiger partial charge on any atom is 0.219 e. The van der Waals surface area contributed by atoms with Gasteiger partial charge in [-0.25, -0.2) is 9.98 Å². The lowest BCUT2D eigenvalue weighted by Crippen LogP contribution is -2.36. The lowest BCUT2D eigenvalue weighted by Gasteiger charge is -2.32. The van der Waals surface area contributed by atoms with Crippen LogP contribution in [-0.2, 0) is 18.4 Å². The van der Waals surface area contributed by atoms with Gasteiger partial charge in [0.05, 0.1) is 18.3 Å². The highest BCUT2D eigenvalue weighted by Crippen LogP contribution is 2.39. The highest BCUT2D eigenvalue weighted by Gasteiger charge is 2.28. The van der Waals surface area contributed by atoms with E-state index in [2.05, 4.69) is 38.2 Å². The van der Waals surface area contributed by atoms with Crippen molar-refractivity contribution in [3.8, 4) is 28.3 Å². The van der Waals surface area contributed by atoms with Crippen molar-refractivity contribution < 1.29 is 9.53 Å². The van der Waals surface area contributed by atoms with Crippen molar-refractivity contribution in [1.82, 2.24) is 29.5 Å². The lowest BCUT2D eigenvalue weighted by atomic mass is 9.89. The molecule has 1 fully saturated rings. The van der Waals surface area contributed by atoms with Gasteiger partial charge in [0.25, 0.3) is 0 Å². The van der Waals surface area contributed by atoms with Gasteiger partial charge in [-0.1, -0.05) is 6.07 Å². The minimum atomic E-state index is 0.143. The van der Waals surface area contributed by atoms with Gasteiger partial charge in [-0.3, -0.25) is 14.9 Å². The van der Waals surface area contributed by atoms with E-state index in [1.807, 2.05) is 42.9 Å². The van der Waals surface area contributed by atoms with E-state index in [0.29, 0.717) is 30.6 Å². The summed E-state index contributed by atoms with van der Waals surface area (Å²) in [5.74, 6) is 2.93. The number of carbonyl (C=O) groups is 1. The minimum absolute atomic E-state index is 0.143. The van der Waals surface area contributed by atoms with Crippen LogP contribution in [0.1, 0.15) is 57.8 Å². The van der Waals surface area contributed by atoms with Crippen molar-refractivity contribution in [2.45, 2.75) is 59.0 Å². The van der Waals surface area contributed by atoms with Crippen LogP contribution in [0.25, 0.3) is 22.5 Å². The van der Waals surface area contributed by atoms with E-state index in [4.69, 9.17) is 15.1 Å². The largest absolute Gasteiger partial charge is 0.491 e. The van der Waals surface area contributed by atoms with E-state index >= 15 is 0 Å². The number of imidazole rings is 1. The second-order valence-corrected chi connectivity index (χ2v) is 10.4. The Morgan fingerprint density at radius 1 is 1.18 bits per heavy atom. The fourth-order valence-electron chi connectivity index (χ4n) is 5.39. The summed E-state index contributed by atoms with van der Waals surface area (Å²) in [6, 6.07) is 6.44. The molecule has 2 N–H and O–H groups in total. The Morgan fingerprint density at radius 3 is 2.63 bits per heavy atom. The summed E-state index contributed by atoms with van der Waals surface area (Å²) >= 11 is 0. The van der Waals surface area contributed by atoms with Gasteiger partial charge in [0.1, 0.15) is 29.7 Å². The summed E-state index contributed by atoms with van der Waals surface area (Å²) in [6.07, 6.45) is 5.77. The monoisotopic (exact) mass is 516 g/mol. The number of rotatable bonds is 4. The third kappa shape index (κ3) is 5.07. The summed E-state index contributed by atoms with van der Waals surface area (Å²) in [6.45, 7) is 10.1. The zero-order valence-corrected chi connectivity index (χ0v) is 22.8. The molecule has 0 unspecified atom stereocenters. The predicted octanol–water partition coefficient (Wildman–Crippen LogP) is 3.81. The van der Waals surface area contributed by atoms with Crippen LogP contribution in [0.15, 0.2) is 35.6 Å². The van der Waals surface area contributed by atoms with E-state index in [-0.39, 0.29) is 17.8 Å². The van der Waals surface area contributed by atoms with Gasteiger partial charge < -0.3 is 19.5 Å². The molecule has 0 spiro atoms. The van der Waals surface area contributed by atoms with Crippen molar-refractivity contribution >= 4 is 17.6 Å². The van der Waals surface area contributed by atoms with Crippen LogP contribution in [0.5, 0.6) is 5.75 Å². The van der Waals surface area contributed by atoms with Crippen LogP contribution in [0.3, 0.4) is 0 Å². The van der Waals surface area contributed by atoms with Crippen LogP contribution in [0, 0.1) is 5.41 Å². The maximum atomic E-state index is 11.8. The Balaban J connectivity index is 1.48. The number of hydrogen-bond acceptors (Lipinski definition) is 5. The van der Waals surface area contributed by atoms with Crippen molar-refractivity contribution in [3.63, 3.8) is 0 Å². The standard InChI is InChI=1S/C28H36N8O2/c1-17(2)31-27(32-18(3)29)24-16-36-12-13-38-25-14-21(6-7-22(25)28(36)33-24)23-15-30-34(5)26(23)20-8-10-35(11-9-20)19(4)37/h6-7,14-17,20H,8-13H2,1-5H3,(H2,29,31,32). The molecule has 0 radical (unpaired) electrons. The van der Waals surface area contributed by atoms with Crippen LogP contribution < -0.4 is 10.1 Å². The Hall–Kier alpha value is -3.95. The zero-order valence-electron chi connectivity index (χ0n) is 22.8. The third-order valence-electron chi connectivity index (χ3n) is 7.16. The van der Waals surface area contributed by atoms with Crippen LogP contribution in [0.2, 0.25) is 0 Å². The first-order valence-corrected chi connectivity index (χ1v) is 13.2. The van der Waals surface area contributed by atoms with E-state index in [0.717, 1.165) is 54.2 Å². The number of carbonyl (C=O) groups excluding carboxylic acids is 1. The molecule has 5 rings (SSSR count). The Labute approximate surface area is 223 Å². The van der Waals surface area contributed by atoms with Gasteiger partial charge in [-0.05, 0) is 51.3 Å². The summed E-state index contributed by atoms with van der Waals surface area (Å²) < 4.78 is 10.3. The molecule has 10 heteroatoms. The first kappa shape index (κ1) is 25.7. The number of fused-ring (bicyclic) bond motifs is 3. The van der Waals surface area contributed by atoms with E-state index in [9.17, 15) is 4.79 Å². The molecular formula is C28H36N8O2. The number of piperidine rings is 1. The minimum Gasteiger partial charge on any atom is -0.491 e. The first-order valence-electron chi connectivity index (χ1n) is 13.2. The van der Waals surface area contributed by atoms with Crippen LogP contribution >= 0.6 is 0 Å². The summed E-state index contributed by atoms with van der Waals surface area (Å²) in [4.78, 5) is 23.0. The van der Waals surface area contributed by atoms with E-state index < -0.39 is 0 Å². The molecule has 4 heterocycles. The molecule has 10 nitrogen and oxygen atoms in total. The fourth-order valence-corrected chi connectivity index (χ4v) is 5.39. The van der Waals surface area contributed by atoms with Crippen LogP contribution in [0.4, 0.5) is 0 Å². The van der Waals surface area contributed by atoms with Gasteiger partial charge in [0, 0.05) is 56.5 Å². The highest BCUT2D eigenvalue weighted by atomic mass is 16.5. The average molecular weight is 517 g/mol. The maximum absolute atomic E-state index is 11.8. The fraction of sp³-hybridized carbons (Fsp3) is 0.464. The normalized spacial score (nSPS) is 16.1. The Bertz CT molecular complexity index is 1390. The molecule has 38 heavy (non-hydrogen) atoms. The number of aryl methyl sites for hydroxylation is 1. The molecule has 1 amide bonds. The number of nitrogens with one attached hydrogen (secondary N) is 2. The van der Waals surface area contributed by atoms with Gasteiger partial charge in [0.2, 0.25) is 5.91 Å². The quantitative estimate of drug-likeness (QED) is 0.404. The number of aliphatic imine (C=N–C) groups is 1. The Kier molecular flexibility index (Phi) is 7.05.